The lowest BCUT2D eigenvalue weighted by Crippen LogP contribution is -2.13. The Bertz CT molecular complexity index is 751. The summed E-state index contributed by atoms with van der Waals surface area (Å²) in [7, 11) is 1.19. The number of carboxylic acid groups (broad SMARTS) is 1. The second-order valence-electron chi connectivity index (χ2n) is 4.74. The molecule has 23 heavy (non-hydrogen) atoms. The van der Waals surface area contributed by atoms with Crippen LogP contribution in [0.4, 0.5) is 5.00 Å². The number of thiophene rings is 1. The minimum Gasteiger partial charge on any atom is -0.478 e. The number of benzene rings is 1. The molecule has 0 unspecified atom stereocenters. The topological polar surface area (TPSA) is 92.7 Å². The maximum absolute atomic E-state index is 12.1. The molecule has 0 spiro atoms. The van der Waals surface area contributed by atoms with Gasteiger partial charge in [0, 0.05) is 18.2 Å². The van der Waals surface area contributed by atoms with Crippen LogP contribution in [-0.2, 0) is 16.0 Å². The Morgan fingerprint density at radius 2 is 1.83 bits per heavy atom. The van der Waals surface area contributed by atoms with Crippen LogP contribution in [0, 0.1) is 0 Å². The molecule has 120 valence electrons. The standard InChI is InChI=1S/C16H15NO5S/c1-9(18)17-14-13(15(19)20)12(16(21)22-2)11(23-14)8-10-6-4-3-5-7-10/h3-7H,8H2,1-2H3,(H,17,18)(H,19,20). The van der Waals surface area contributed by atoms with Gasteiger partial charge in [0.2, 0.25) is 5.91 Å². The van der Waals surface area contributed by atoms with Crippen LogP contribution in [-0.4, -0.2) is 30.1 Å². The number of hydrogen-bond acceptors (Lipinski definition) is 5. The molecular weight excluding hydrogens is 318 g/mol. The fourth-order valence-corrected chi connectivity index (χ4v) is 3.41. The molecule has 7 heteroatoms. The third-order valence-corrected chi connectivity index (χ3v) is 4.19. The van der Waals surface area contributed by atoms with E-state index in [2.05, 4.69) is 5.32 Å². The van der Waals surface area contributed by atoms with Crippen LogP contribution in [0.1, 0.15) is 38.1 Å². The number of hydrogen-bond donors (Lipinski definition) is 2. The Hall–Kier alpha value is -2.67. The molecule has 0 atom stereocenters. The highest BCUT2D eigenvalue weighted by Gasteiger charge is 2.29. The average Bonchev–Trinajstić information content (AvgIpc) is 2.84. The smallest absolute Gasteiger partial charge is 0.339 e. The van der Waals surface area contributed by atoms with E-state index in [1.807, 2.05) is 30.3 Å². The molecule has 0 aliphatic rings. The molecule has 0 aliphatic heterocycles. The van der Waals surface area contributed by atoms with E-state index in [1.54, 1.807) is 0 Å². The van der Waals surface area contributed by atoms with Crippen LogP contribution in [0.5, 0.6) is 0 Å². The molecule has 1 aromatic heterocycles. The number of methoxy groups -OCH3 is 1. The maximum Gasteiger partial charge on any atom is 0.339 e. The first-order valence-corrected chi connectivity index (χ1v) is 7.54. The summed E-state index contributed by atoms with van der Waals surface area (Å²) in [6.07, 6.45) is 0.371. The normalized spacial score (nSPS) is 10.2. The van der Waals surface area contributed by atoms with Crippen LogP contribution in [0.2, 0.25) is 0 Å². The van der Waals surface area contributed by atoms with Gasteiger partial charge in [0.05, 0.1) is 12.7 Å². The lowest BCUT2D eigenvalue weighted by Gasteiger charge is -2.04. The highest BCUT2D eigenvalue weighted by molar-refractivity contribution is 7.17. The van der Waals surface area contributed by atoms with Crippen molar-refractivity contribution in [3.63, 3.8) is 0 Å². The van der Waals surface area contributed by atoms with Crippen LogP contribution in [0.3, 0.4) is 0 Å². The monoisotopic (exact) mass is 333 g/mol. The predicted octanol–water partition coefficient (Wildman–Crippen LogP) is 2.78. The first-order chi connectivity index (χ1) is 10.9. The van der Waals surface area contributed by atoms with Gasteiger partial charge in [-0.25, -0.2) is 9.59 Å². The van der Waals surface area contributed by atoms with Gasteiger partial charge in [-0.1, -0.05) is 30.3 Å². The number of ether oxygens (including phenoxy) is 1. The Kier molecular flexibility index (Phi) is 5.13. The van der Waals surface area contributed by atoms with Gasteiger partial charge in [0.25, 0.3) is 0 Å². The quantitative estimate of drug-likeness (QED) is 0.821. The first-order valence-electron chi connectivity index (χ1n) is 6.72. The summed E-state index contributed by atoms with van der Waals surface area (Å²) in [6.45, 7) is 1.28. The Labute approximate surface area is 136 Å². The lowest BCUT2D eigenvalue weighted by molar-refractivity contribution is -0.114. The van der Waals surface area contributed by atoms with Crippen molar-refractivity contribution >= 4 is 34.2 Å². The largest absolute Gasteiger partial charge is 0.478 e. The number of anilines is 1. The van der Waals surface area contributed by atoms with Crippen molar-refractivity contribution in [1.29, 1.82) is 0 Å². The van der Waals surface area contributed by atoms with Crippen molar-refractivity contribution in [2.75, 3.05) is 12.4 Å². The number of carbonyl (C=O) groups is 3. The van der Waals surface area contributed by atoms with Gasteiger partial charge < -0.3 is 15.2 Å². The average molecular weight is 333 g/mol. The second-order valence-corrected chi connectivity index (χ2v) is 5.85. The molecule has 6 nitrogen and oxygen atoms in total. The molecule has 2 aromatic rings. The summed E-state index contributed by atoms with van der Waals surface area (Å²) in [6, 6.07) is 9.32. The fourth-order valence-electron chi connectivity index (χ4n) is 2.15. The van der Waals surface area contributed by atoms with E-state index in [0.29, 0.717) is 11.3 Å². The van der Waals surface area contributed by atoms with Gasteiger partial charge in [0.15, 0.2) is 0 Å². The van der Waals surface area contributed by atoms with Crippen molar-refractivity contribution in [2.24, 2.45) is 0 Å². The van der Waals surface area contributed by atoms with E-state index in [4.69, 9.17) is 4.74 Å². The third kappa shape index (κ3) is 3.75. The summed E-state index contributed by atoms with van der Waals surface area (Å²) in [5, 5.41) is 12.0. The number of carbonyl (C=O) groups excluding carboxylic acids is 2. The molecule has 1 amide bonds. The maximum atomic E-state index is 12.1. The van der Waals surface area contributed by atoms with Gasteiger partial charge in [0.1, 0.15) is 10.6 Å². The molecule has 0 bridgehead atoms. The zero-order valence-corrected chi connectivity index (χ0v) is 13.4. The molecule has 2 rings (SSSR count). The summed E-state index contributed by atoms with van der Waals surface area (Å²) in [4.78, 5) is 35.4. The van der Waals surface area contributed by atoms with Crippen molar-refractivity contribution in [2.45, 2.75) is 13.3 Å². The molecular formula is C16H15NO5S. The van der Waals surface area contributed by atoms with Crippen molar-refractivity contribution in [3.8, 4) is 0 Å². The van der Waals surface area contributed by atoms with E-state index in [-0.39, 0.29) is 16.1 Å². The lowest BCUT2D eigenvalue weighted by atomic mass is 10.0. The van der Waals surface area contributed by atoms with Crippen LogP contribution < -0.4 is 5.32 Å². The molecule has 0 saturated heterocycles. The first kappa shape index (κ1) is 16.7. The molecule has 0 aliphatic carbocycles. The third-order valence-electron chi connectivity index (χ3n) is 3.08. The Balaban J connectivity index is 2.57. The molecule has 0 radical (unpaired) electrons. The highest BCUT2D eigenvalue weighted by Crippen LogP contribution is 2.35. The minimum atomic E-state index is -1.29. The van der Waals surface area contributed by atoms with Gasteiger partial charge in [-0.2, -0.15) is 0 Å². The fraction of sp³-hybridized carbons (Fsp3) is 0.188. The van der Waals surface area contributed by atoms with Crippen LogP contribution in [0.25, 0.3) is 0 Å². The molecule has 1 heterocycles. The molecule has 0 saturated carbocycles. The van der Waals surface area contributed by atoms with E-state index < -0.39 is 17.8 Å². The number of aromatic carboxylic acids is 1. The van der Waals surface area contributed by atoms with Crippen molar-refractivity contribution in [1.82, 2.24) is 0 Å². The number of amides is 1. The number of rotatable bonds is 5. The Morgan fingerprint density at radius 1 is 1.17 bits per heavy atom. The highest BCUT2D eigenvalue weighted by atomic mass is 32.1. The number of carboxylic acids is 1. The second kappa shape index (κ2) is 7.06. The van der Waals surface area contributed by atoms with Gasteiger partial charge in [-0.15, -0.1) is 11.3 Å². The number of esters is 1. The Morgan fingerprint density at radius 3 is 2.35 bits per heavy atom. The van der Waals surface area contributed by atoms with Gasteiger partial charge in [-0.05, 0) is 5.56 Å². The minimum absolute atomic E-state index is 0.0161. The zero-order valence-electron chi connectivity index (χ0n) is 12.6. The van der Waals surface area contributed by atoms with E-state index in [1.165, 1.54) is 14.0 Å². The molecule has 2 N–H and O–H groups in total. The van der Waals surface area contributed by atoms with Gasteiger partial charge >= 0.3 is 11.9 Å². The number of nitrogens with one attached hydrogen (secondary N) is 1. The van der Waals surface area contributed by atoms with Crippen LogP contribution in [0.15, 0.2) is 30.3 Å². The molecule has 0 fully saturated rings. The van der Waals surface area contributed by atoms with Crippen LogP contribution >= 0.6 is 11.3 Å². The summed E-state index contributed by atoms with van der Waals surface area (Å²) < 4.78 is 4.72. The van der Waals surface area contributed by atoms with Gasteiger partial charge in [-0.3, -0.25) is 4.79 Å². The summed E-state index contributed by atoms with van der Waals surface area (Å²) >= 11 is 1.07. The SMILES string of the molecule is COC(=O)c1c(Cc2ccccc2)sc(NC(C)=O)c1C(=O)O. The zero-order chi connectivity index (χ0) is 17.0. The van der Waals surface area contributed by atoms with E-state index >= 15 is 0 Å². The molecule has 1 aromatic carbocycles. The predicted molar refractivity (Wildman–Crippen MR) is 86.2 cm³/mol. The van der Waals surface area contributed by atoms with E-state index in [0.717, 1.165) is 16.9 Å². The summed E-state index contributed by atoms with van der Waals surface area (Å²) in [5.74, 6) is -2.43. The van der Waals surface area contributed by atoms with Crippen molar-refractivity contribution in [3.05, 3.63) is 51.9 Å². The van der Waals surface area contributed by atoms with Crippen molar-refractivity contribution < 1.29 is 24.2 Å². The van der Waals surface area contributed by atoms with E-state index in [9.17, 15) is 19.5 Å². The summed E-state index contributed by atoms with van der Waals surface area (Å²) in [5.41, 5.74) is 0.672.